The van der Waals surface area contributed by atoms with E-state index in [4.69, 9.17) is 9.97 Å². The van der Waals surface area contributed by atoms with Gasteiger partial charge in [-0.2, -0.15) is 0 Å². The molecule has 0 atom stereocenters. The minimum absolute atomic E-state index is 0. The molecule has 1 aliphatic rings. The predicted molar refractivity (Wildman–Crippen MR) is 245 cm³/mol. The maximum Gasteiger partial charge on any atom is 0 e. The number of aromatic nitrogens is 2. The zero-order valence-electron chi connectivity index (χ0n) is 37.3. The normalized spacial score (nSPS) is 13.1. The SMILES string of the molecule is CCC(CC)C(=O)/C=C(\O)C(CC)CC.Cc1cc[c]([Bi]2[c]3ncnc(-c4[c-]c5ccccc5c(C(C)(C)C)c4)c3-c3cccc(CC(C)(C)C)[c]32)c(C(C)C)c1.[Ir]. The van der Waals surface area contributed by atoms with E-state index in [2.05, 4.69) is 135 Å². The molecule has 0 spiro atoms. The number of benzene rings is 4. The molecule has 4 nitrogen and oxygen atoms in total. The van der Waals surface area contributed by atoms with Gasteiger partial charge < -0.3 is 5.11 Å². The number of nitrogens with zero attached hydrogens (tertiary/aromatic N) is 2. The van der Waals surface area contributed by atoms with E-state index >= 15 is 0 Å². The topological polar surface area (TPSA) is 63.1 Å². The fourth-order valence-corrected chi connectivity index (χ4v) is 19.8. The number of carbonyl (C=O) groups excluding carboxylic acids is 1. The molecule has 311 valence electrons. The Morgan fingerprint density at radius 1 is 0.845 bits per heavy atom. The zero-order chi connectivity index (χ0) is 41.8. The Bertz CT molecular complexity index is 2240. The van der Waals surface area contributed by atoms with Crippen LogP contribution < -0.4 is 9.94 Å². The van der Waals surface area contributed by atoms with Crippen LogP contribution in [-0.2, 0) is 36.7 Å². The van der Waals surface area contributed by atoms with Gasteiger partial charge in [0.1, 0.15) is 0 Å². The Morgan fingerprint density at radius 2 is 1.50 bits per heavy atom. The Morgan fingerprint density at radius 3 is 2.10 bits per heavy atom. The Kier molecular flexibility index (Phi) is 16.4. The van der Waals surface area contributed by atoms with Crippen LogP contribution in [0.2, 0.25) is 0 Å². The largest absolute Gasteiger partial charge is 0 e. The molecule has 0 unspecified atom stereocenters. The number of ketones is 1. The second kappa shape index (κ2) is 20.0. The molecule has 2 heterocycles. The molecule has 0 bridgehead atoms. The van der Waals surface area contributed by atoms with Gasteiger partial charge in [0, 0.05) is 38.0 Å². The maximum absolute atomic E-state index is 11.7. The number of hydrogen-bond donors (Lipinski definition) is 1. The average molecular weight is 1150 g/mol. The Balaban J connectivity index is 0.000000398. The van der Waals surface area contributed by atoms with Gasteiger partial charge in [-0.3, -0.25) is 4.79 Å². The molecule has 0 amide bonds. The van der Waals surface area contributed by atoms with Gasteiger partial charge >= 0.3 is 262 Å². The van der Waals surface area contributed by atoms with E-state index in [1.165, 1.54) is 48.2 Å². The second-order valence-electron chi connectivity index (χ2n) is 18.4. The smallest absolute Gasteiger partial charge is 0 e. The van der Waals surface area contributed by atoms with Gasteiger partial charge in [0.15, 0.2) is 5.78 Å². The number of aliphatic hydroxyl groups excluding tert-OH is 1. The van der Waals surface area contributed by atoms with E-state index in [0.29, 0.717) is 5.92 Å². The molecule has 1 aliphatic heterocycles. The summed E-state index contributed by atoms with van der Waals surface area (Å²) in [4.78, 5) is 21.9. The van der Waals surface area contributed by atoms with Crippen molar-refractivity contribution in [2.75, 3.05) is 0 Å². The molecule has 1 radical (unpaired) electrons. The van der Waals surface area contributed by atoms with Gasteiger partial charge in [0.25, 0.3) is 0 Å². The number of aryl methyl sites for hydroxylation is 1. The van der Waals surface area contributed by atoms with Crippen molar-refractivity contribution in [3.8, 4) is 22.4 Å². The van der Waals surface area contributed by atoms with Gasteiger partial charge in [-0.1, -0.05) is 27.7 Å². The minimum atomic E-state index is -2.80. The third-order valence-corrected chi connectivity index (χ3v) is 21.6. The van der Waals surface area contributed by atoms with Gasteiger partial charge in [0.2, 0.25) is 0 Å². The first-order valence-electron chi connectivity index (χ1n) is 21.2. The van der Waals surface area contributed by atoms with Crippen molar-refractivity contribution in [2.45, 2.75) is 133 Å². The fourth-order valence-electron chi connectivity index (χ4n) is 8.21. The van der Waals surface area contributed by atoms with Crippen molar-refractivity contribution in [3.63, 3.8) is 0 Å². The number of allylic oxidation sites excluding steroid dienone is 2. The molecular formula is C52H66BiIrN2O2-. The standard InChI is InChI=1S/C29H29N2.C13H24O2.C10H13.Bi.Ir/c1-28(2,3)17-20-10-9-12-21(14-20)25-18-30-19-31-27(25)23-15-22-11-7-8-13-24(22)26(16-23)29(4,5)6;1-5-10(6-2)12(14)9-13(15)11(7-3)8-4;1-8(2)10-6-4-5-9(3)7-10;;/h7-13,16,19H,17H2,1-6H3;9-11,14H,5-8H2,1-4H3;4-5,7-8H,1-3H3;;/q-1;;;;/b;12-9-;;;. The number of hydrogen-bond acceptors (Lipinski definition) is 4. The van der Waals surface area contributed by atoms with Crippen molar-refractivity contribution in [3.05, 3.63) is 113 Å². The summed E-state index contributed by atoms with van der Waals surface area (Å²) < 4.78 is 4.48. The minimum Gasteiger partial charge on any atom is 0 e. The van der Waals surface area contributed by atoms with Crippen LogP contribution in [0.3, 0.4) is 0 Å². The number of aliphatic hydroxyl groups is 1. The van der Waals surface area contributed by atoms with Crippen LogP contribution in [-0.4, -0.2) is 42.6 Å². The van der Waals surface area contributed by atoms with Gasteiger partial charge in [0.05, 0.1) is 5.76 Å². The Labute approximate surface area is 371 Å². The van der Waals surface area contributed by atoms with Crippen molar-refractivity contribution >= 4 is 48.3 Å². The van der Waals surface area contributed by atoms with E-state index in [1.54, 1.807) is 6.54 Å². The summed E-state index contributed by atoms with van der Waals surface area (Å²) in [5.74, 6) is 1.01. The van der Waals surface area contributed by atoms with E-state index in [-0.39, 0.29) is 54.3 Å². The van der Waals surface area contributed by atoms with E-state index < -0.39 is 21.8 Å². The Hall–Kier alpha value is -3.04. The third kappa shape index (κ3) is 10.6. The van der Waals surface area contributed by atoms with Crippen molar-refractivity contribution in [1.82, 2.24) is 9.97 Å². The molecule has 1 N–H and O–H groups in total. The first-order valence-corrected chi connectivity index (χ1v) is 26.4. The molecule has 6 heteroatoms. The van der Waals surface area contributed by atoms with Gasteiger partial charge in [-0.15, -0.1) is 0 Å². The van der Waals surface area contributed by atoms with E-state index in [1.807, 2.05) is 34.0 Å². The summed E-state index contributed by atoms with van der Waals surface area (Å²) in [5.41, 5.74) is 10.5. The summed E-state index contributed by atoms with van der Waals surface area (Å²) in [6.07, 6.45) is 7.79. The molecule has 0 fully saturated rings. The molecule has 0 saturated heterocycles. The first kappa shape index (κ1) is 47.6. The molecule has 5 aromatic rings. The number of rotatable bonds is 11. The summed E-state index contributed by atoms with van der Waals surface area (Å²) in [5, 5.41) is 12.2. The summed E-state index contributed by atoms with van der Waals surface area (Å²) >= 11 is -2.80. The molecule has 4 aromatic carbocycles. The van der Waals surface area contributed by atoms with Crippen LogP contribution in [0.25, 0.3) is 33.2 Å². The molecule has 58 heavy (non-hydrogen) atoms. The summed E-state index contributed by atoms with van der Waals surface area (Å²) in [7, 11) is 0. The van der Waals surface area contributed by atoms with E-state index in [9.17, 15) is 9.90 Å². The van der Waals surface area contributed by atoms with Crippen LogP contribution in [0.15, 0.2) is 84.9 Å². The molecule has 0 aliphatic carbocycles. The monoisotopic (exact) mass is 1150 g/mol. The molecule has 0 saturated carbocycles. The summed E-state index contributed by atoms with van der Waals surface area (Å²) in [6.45, 7) is 28.9. The number of fused-ring (bicyclic) bond motifs is 4. The van der Waals surface area contributed by atoms with Crippen molar-refractivity contribution < 1.29 is 30.0 Å². The van der Waals surface area contributed by atoms with Crippen LogP contribution in [0.1, 0.15) is 137 Å². The third-order valence-electron chi connectivity index (χ3n) is 11.3. The van der Waals surface area contributed by atoms with E-state index in [0.717, 1.165) is 48.7 Å². The van der Waals surface area contributed by atoms with Gasteiger partial charge in [-0.05, 0) is 25.7 Å². The van der Waals surface area contributed by atoms with Crippen molar-refractivity contribution in [1.29, 1.82) is 0 Å². The fraction of sp³-hybridized carbons (Fsp3) is 0.442. The molecule has 6 rings (SSSR count). The van der Waals surface area contributed by atoms with Crippen LogP contribution in [0, 0.1) is 30.2 Å². The number of carbonyl (C=O) groups is 1. The molecule has 1 aromatic heterocycles. The predicted octanol–water partition coefficient (Wildman–Crippen LogP) is 11.8. The first-order chi connectivity index (χ1) is 26.9. The second-order valence-corrected chi connectivity index (χ2v) is 26.3. The van der Waals surface area contributed by atoms with Gasteiger partial charge in [-0.25, -0.2) is 0 Å². The maximum atomic E-state index is 11.7. The van der Waals surface area contributed by atoms with Crippen LogP contribution >= 0.6 is 0 Å². The van der Waals surface area contributed by atoms with Crippen LogP contribution in [0.4, 0.5) is 0 Å². The quantitative estimate of drug-likeness (QED) is 0.0608. The average Bonchev–Trinajstić information content (AvgIpc) is 3.50. The zero-order valence-corrected chi connectivity index (χ0v) is 43.2. The summed E-state index contributed by atoms with van der Waals surface area (Å²) in [6, 6.07) is 29.0. The van der Waals surface area contributed by atoms with Crippen LogP contribution in [0.5, 0.6) is 0 Å². The molecular weight excluding hydrogens is 1090 g/mol. The van der Waals surface area contributed by atoms with Crippen molar-refractivity contribution in [2.24, 2.45) is 17.3 Å².